The van der Waals surface area contributed by atoms with Crippen molar-refractivity contribution in [1.29, 1.82) is 0 Å². The van der Waals surface area contributed by atoms with Crippen LogP contribution in [-0.4, -0.2) is 13.4 Å². The van der Waals surface area contributed by atoms with Crippen LogP contribution in [0.2, 0.25) is 0 Å². The molecule has 4 aliphatic heterocycles. The van der Waals surface area contributed by atoms with Gasteiger partial charge in [-0.25, -0.2) is 0 Å². The van der Waals surface area contributed by atoms with Gasteiger partial charge in [-0.15, -0.1) is 0 Å². The van der Waals surface area contributed by atoms with Crippen LogP contribution >= 0.6 is 0 Å². The second-order valence-electron chi connectivity index (χ2n) is 22.4. The Balaban J connectivity index is 0.916. The first-order chi connectivity index (χ1) is 42.7. The molecule has 4 aliphatic rings. The maximum atomic E-state index is 7.11. The monoisotopic (exact) mass is 1100 g/mol. The fourth-order valence-corrected chi connectivity index (χ4v) is 13.8. The van der Waals surface area contributed by atoms with Crippen LogP contribution in [0.1, 0.15) is 0 Å². The summed E-state index contributed by atoms with van der Waals surface area (Å²) in [5, 5.41) is 0. The van der Waals surface area contributed by atoms with Gasteiger partial charge in [-0.05, 0) is 146 Å². The second kappa shape index (κ2) is 20.3. The van der Waals surface area contributed by atoms with Crippen LogP contribution in [0.3, 0.4) is 0 Å². The lowest BCUT2D eigenvalue weighted by atomic mass is 9.30. The van der Waals surface area contributed by atoms with Crippen molar-refractivity contribution in [1.82, 2.24) is 0 Å². The number of fused-ring (bicyclic) bond motifs is 8. The minimum atomic E-state index is -0.162. The molecule has 6 nitrogen and oxygen atoms in total. The van der Waals surface area contributed by atoms with Crippen LogP contribution < -0.4 is 61.9 Å². The molecule has 0 fully saturated rings. The van der Waals surface area contributed by atoms with E-state index in [4.69, 9.17) is 9.47 Å². The molecule has 0 atom stereocenters. The topological polar surface area (TPSA) is 31.4 Å². The van der Waals surface area contributed by atoms with Crippen molar-refractivity contribution in [2.45, 2.75) is 0 Å². The van der Waals surface area contributed by atoms with Crippen molar-refractivity contribution in [2.75, 3.05) is 19.6 Å². The largest absolute Gasteiger partial charge is 0.457 e. The van der Waals surface area contributed by atoms with Gasteiger partial charge in [0.25, 0.3) is 13.4 Å². The van der Waals surface area contributed by atoms with Gasteiger partial charge in [-0.1, -0.05) is 200 Å². The van der Waals surface area contributed by atoms with Crippen LogP contribution in [0.5, 0.6) is 23.0 Å². The van der Waals surface area contributed by atoms with Gasteiger partial charge in [-0.2, -0.15) is 0 Å². The molecular weight excluding hydrogens is 1050 g/mol. The molecule has 13 aromatic rings. The molecule has 13 aromatic carbocycles. The molecule has 0 aliphatic carbocycles. The molecule has 402 valence electrons. The SMILES string of the molecule is c1ccc(-c2ccc(Oc3cc4c5c(c3)N(c3ccccc3)c3cc6c(cc3B5c3ccccc3N4c3ccccc3)B3c4ccccc4N(c4ccccc4)c4cc(Oc5ccc(-c7ccccc7)cc5)cc(c43)N6c3ccccc3)cc2)cc1. The Hall–Kier alpha value is -11.2. The van der Waals surface area contributed by atoms with E-state index in [2.05, 4.69) is 335 Å². The highest BCUT2D eigenvalue weighted by Crippen LogP contribution is 2.51. The predicted molar refractivity (Wildman–Crippen MR) is 358 cm³/mol. The fraction of sp³-hybridized carbons (Fsp3) is 0. The lowest BCUT2D eigenvalue weighted by Crippen LogP contribution is -2.65. The fourth-order valence-electron chi connectivity index (χ4n) is 13.8. The summed E-state index contributed by atoms with van der Waals surface area (Å²) in [7, 11) is 0. The van der Waals surface area contributed by atoms with Gasteiger partial charge in [0.1, 0.15) is 23.0 Å². The lowest BCUT2D eigenvalue weighted by molar-refractivity contribution is 0.483. The van der Waals surface area contributed by atoms with E-state index < -0.39 is 0 Å². The van der Waals surface area contributed by atoms with Crippen molar-refractivity contribution in [3.05, 3.63) is 315 Å². The summed E-state index contributed by atoms with van der Waals surface area (Å²) in [5.74, 6) is 3.00. The van der Waals surface area contributed by atoms with Gasteiger partial charge in [0.05, 0.1) is 0 Å². The molecule has 0 spiro atoms. The summed E-state index contributed by atoms with van der Waals surface area (Å²) in [6.07, 6.45) is 0. The normalized spacial score (nSPS) is 13.0. The van der Waals surface area contributed by atoms with E-state index in [1.807, 2.05) is 0 Å². The van der Waals surface area contributed by atoms with E-state index >= 15 is 0 Å². The highest BCUT2D eigenvalue weighted by atomic mass is 16.5. The molecule has 0 saturated carbocycles. The third-order valence-electron chi connectivity index (χ3n) is 17.5. The van der Waals surface area contributed by atoms with Gasteiger partial charge in [0, 0.05) is 92.5 Å². The van der Waals surface area contributed by atoms with E-state index in [0.717, 1.165) is 114 Å². The Bertz CT molecular complexity index is 4410. The molecule has 0 aromatic heterocycles. The van der Waals surface area contributed by atoms with Crippen LogP contribution in [0, 0.1) is 0 Å². The zero-order valence-electron chi connectivity index (χ0n) is 46.8. The molecule has 86 heavy (non-hydrogen) atoms. The van der Waals surface area contributed by atoms with Crippen molar-refractivity contribution >= 4 is 114 Å². The number of para-hydroxylation sites is 6. The summed E-state index contributed by atoms with van der Waals surface area (Å²) >= 11 is 0. The zero-order chi connectivity index (χ0) is 56.7. The molecule has 0 radical (unpaired) electrons. The standard InChI is InChI=1S/C78H52B2N4O2/c1-7-23-53(24-8-1)55-39-43-61(44-40-55)85-63-47-73-77-75(49-63)83(59-31-15-5-16-32-59)71-52-72-68(51-67(71)79(77)65-35-19-21-37-69(65)81(73)57-27-11-3-12-28-57)80-66-36-20-22-38-70(66)82(58-29-13-4-14-30-58)74-48-64(50-76(78(74)80)84(72)60-33-17-6-18-34-60)86-62-45-41-56(42-46-62)54-25-9-2-10-26-54/h1-52H. The van der Waals surface area contributed by atoms with E-state index in [-0.39, 0.29) is 13.4 Å². The number of hydrogen-bond acceptors (Lipinski definition) is 6. The van der Waals surface area contributed by atoms with Gasteiger partial charge < -0.3 is 29.1 Å². The number of hydrogen-bond donors (Lipinski definition) is 0. The van der Waals surface area contributed by atoms with Crippen molar-refractivity contribution in [3.63, 3.8) is 0 Å². The molecular formula is C78H52B2N4O2. The zero-order valence-corrected chi connectivity index (χ0v) is 46.8. The van der Waals surface area contributed by atoms with Crippen molar-refractivity contribution < 1.29 is 9.47 Å². The molecule has 0 unspecified atom stereocenters. The first kappa shape index (κ1) is 49.4. The predicted octanol–water partition coefficient (Wildman–Crippen LogP) is 16.8. The van der Waals surface area contributed by atoms with Crippen LogP contribution in [-0.2, 0) is 0 Å². The lowest BCUT2D eigenvalue weighted by Gasteiger charge is -2.47. The molecule has 0 amide bonds. The molecule has 8 heteroatoms. The smallest absolute Gasteiger partial charge is 0.252 e. The Labute approximate surface area is 501 Å². The third-order valence-corrected chi connectivity index (χ3v) is 17.5. The summed E-state index contributed by atoms with van der Waals surface area (Å²) < 4.78 is 14.2. The number of anilines is 12. The Kier molecular flexibility index (Phi) is 11.7. The average molecular weight is 1100 g/mol. The number of nitrogens with zero attached hydrogens (tertiary/aromatic N) is 4. The highest BCUT2D eigenvalue weighted by molar-refractivity contribution is 7.03. The number of benzene rings is 13. The Morgan fingerprint density at radius 3 is 0.814 bits per heavy atom. The quantitative estimate of drug-likeness (QED) is 0.127. The summed E-state index contributed by atoms with van der Waals surface area (Å²) in [6.45, 7) is -0.323. The molecule has 0 bridgehead atoms. The van der Waals surface area contributed by atoms with Crippen molar-refractivity contribution in [3.8, 4) is 45.3 Å². The summed E-state index contributed by atoms with van der Waals surface area (Å²) in [4.78, 5) is 9.86. The number of ether oxygens (including phenoxy) is 2. The van der Waals surface area contributed by atoms with Crippen molar-refractivity contribution in [2.24, 2.45) is 0 Å². The maximum absolute atomic E-state index is 7.11. The summed E-state index contributed by atoms with van der Waals surface area (Å²) in [6, 6.07) is 113. The summed E-state index contributed by atoms with van der Waals surface area (Å²) in [5.41, 5.74) is 24.9. The van der Waals surface area contributed by atoms with E-state index in [0.29, 0.717) is 0 Å². The molecule has 0 saturated heterocycles. The van der Waals surface area contributed by atoms with Gasteiger partial charge in [-0.3, -0.25) is 0 Å². The average Bonchev–Trinajstić information content (AvgIpc) is 0.726. The van der Waals surface area contributed by atoms with Gasteiger partial charge in [0.2, 0.25) is 0 Å². The second-order valence-corrected chi connectivity index (χ2v) is 22.4. The number of rotatable bonds is 10. The molecule has 0 N–H and O–H groups in total. The first-order valence-electron chi connectivity index (χ1n) is 29.5. The molecule has 4 heterocycles. The Morgan fingerprint density at radius 1 is 0.198 bits per heavy atom. The highest BCUT2D eigenvalue weighted by Gasteiger charge is 2.48. The Morgan fingerprint density at radius 2 is 0.477 bits per heavy atom. The minimum Gasteiger partial charge on any atom is -0.457 e. The molecule has 17 rings (SSSR count). The van der Waals surface area contributed by atoms with Crippen LogP contribution in [0.4, 0.5) is 68.2 Å². The first-order valence-corrected chi connectivity index (χ1v) is 29.5. The van der Waals surface area contributed by atoms with E-state index in [9.17, 15) is 0 Å². The van der Waals surface area contributed by atoms with Crippen LogP contribution in [0.15, 0.2) is 315 Å². The van der Waals surface area contributed by atoms with E-state index in [1.54, 1.807) is 0 Å². The minimum absolute atomic E-state index is 0.162. The van der Waals surface area contributed by atoms with Crippen LogP contribution in [0.25, 0.3) is 22.3 Å². The van der Waals surface area contributed by atoms with E-state index in [1.165, 1.54) is 32.8 Å². The maximum Gasteiger partial charge on any atom is 0.252 e. The third kappa shape index (κ3) is 8.13. The van der Waals surface area contributed by atoms with Gasteiger partial charge in [0.15, 0.2) is 0 Å². The van der Waals surface area contributed by atoms with Gasteiger partial charge >= 0.3 is 0 Å².